The van der Waals surface area contributed by atoms with E-state index in [9.17, 15) is 58.5 Å². The number of carbonyl (C=O) groups is 8. The van der Waals surface area contributed by atoms with Gasteiger partial charge in [-0.3, -0.25) is 38.4 Å². The molecule has 3 aliphatic heterocycles. The third-order valence-electron chi connectivity index (χ3n) is 14.1. The number of aromatic nitrogens is 2. The van der Waals surface area contributed by atoms with Crippen molar-refractivity contribution < 1.29 is 72.3 Å². The molecular formula is C49H63FN10O15. The largest absolute Gasteiger partial charge is 0.458 e. The van der Waals surface area contributed by atoms with Crippen molar-refractivity contribution in [3.05, 3.63) is 61.7 Å². The molecule has 26 heteroatoms. The van der Waals surface area contributed by atoms with Gasteiger partial charge in [-0.05, 0) is 68.2 Å². The van der Waals surface area contributed by atoms with Crippen molar-refractivity contribution in [2.75, 3.05) is 26.4 Å². The number of amides is 7. The summed E-state index contributed by atoms with van der Waals surface area (Å²) in [5.41, 5.74) is 12.2. The number of nitrogens with two attached hydrogens (primary N) is 2. The molecule has 0 bridgehead atoms. The number of benzene rings is 1. The summed E-state index contributed by atoms with van der Waals surface area (Å²) in [7, 11) is 0. The zero-order chi connectivity index (χ0) is 54.8. The lowest BCUT2D eigenvalue weighted by atomic mass is 9.81. The molecular weight excluding hydrogens is 988 g/mol. The van der Waals surface area contributed by atoms with Crippen LogP contribution in [0.1, 0.15) is 99.2 Å². The number of esters is 1. The molecule has 1 saturated heterocycles. The van der Waals surface area contributed by atoms with E-state index in [1.165, 1.54) is 17.6 Å². The standard InChI is InChI=1S/C49H63FN10O15/c1-6-49(72)26-11-31-41-24(16-60(31)47(70)25(26)17-74-48(49)71)39-29(9-7-23-21(4)27(50)12-30(58-41)38(23)39)57-37(64)18-73-19-55-36(63)15-54-44(67)22(5)56-46(69)40(20(2)3)59-45(68)28(51)8-10-35(62)53-14-33-43(66)42(65)32(75-33)13-34(52)61/h11-12,20,22,28-29,32-33,40,42-43,65-66,72H,6-10,13-19,51H2,1-5H3,(H2,52,61)(H,53,62)(H,54,67)(H,55,63)(H,56,69)(H,57,64)(H,59,68)/t22-,28-,29-,32-,33+,40-,42-,43+,49-/m0/s1. The summed E-state index contributed by atoms with van der Waals surface area (Å²) in [5.74, 6) is -6.60. The maximum atomic E-state index is 15.3. The Balaban J connectivity index is 0.860. The number of ether oxygens (including phenoxy) is 3. The summed E-state index contributed by atoms with van der Waals surface area (Å²) in [4.78, 5) is 120. The Morgan fingerprint density at radius 1 is 0.947 bits per heavy atom. The predicted molar refractivity (Wildman–Crippen MR) is 259 cm³/mol. The van der Waals surface area contributed by atoms with Gasteiger partial charge in [0.15, 0.2) is 5.60 Å². The zero-order valence-electron chi connectivity index (χ0n) is 42.0. The lowest BCUT2D eigenvalue weighted by molar-refractivity contribution is -0.172. The summed E-state index contributed by atoms with van der Waals surface area (Å²) >= 11 is 0. The molecule has 0 spiro atoms. The molecule has 3 aromatic rings. The van der Waals surface area contributed by atoms with Gasteiger partial charge in [-0.2, -0.15) is 0 Å². The highest BCUT2D eigenvalue weighted by molar-refractivity contribution is 5.95. The van der Waals surface area contributed by atoms with Gasteiger partial charge in [-0.1, -0.05) is 20.8 Å². The molecule has 7 rings (SSSR count). The molecule has 75 heavy (non-hydrogen) atoms. The second-order valence-corrected chi connectivity index (χ2v) is 19.6. The lowest BCUT2D eigenvalue weighted by Gasteiger charge is -2.31. The highest BCUT2D eigenvalue weighted by atomic mass is 19.1. The summed E-state index contributed by atoms with van der Waals surface area (Å²) < 4.78 is 32.9. The van der Waals surface area contributed by atoms with E-state index in [-0.39, 0.29) is 56.5 Å². The first-order valence-corrected chi connectivity index (χ1v) is 24.6. The van der Waals surface area contributed by atoms with Crippen LogP contribution in [-0.4, -0.2) is 141 Å². The fraction of sp³-hybridized carbons (Fsp3) is 0.551. The number of nitrogens with zero attached hydrogens (tertiary/aromatic N) is 2. The van der Waals surface area contributed by atoms with Crippen LogP contribution in [0.4, 0.5) is 4.39 Å². The Bertz CT molecular complexity index is 2880. The Labute approximate surface area is 428 Å². The van der Waals surface area contributed by atoms with Crippen LogP contribution < -0.4 is 48.9 Å². The molecule has 9 atom stereocenters. The van der Waals surface area contributed by atoms with Crippen LogP contribution in [0.2, 0.25) is 0 Å². The van der Waals surface area contributed by atoms with Crippen LogP contribution in [0.5, 0.6) is 0 Å². The van der Waals surface area contributed by atoms with Gasteiger partial charge in [-0.25, -0.2) is 14.2 Å². The minimum atomic E-state index is -2.06. The molecule has 406 valence electrons. The number of aryl methyl sites for hydroxylation is 1. The van der Waals surface area contributed by atoms with Gasteiger partial charge in [0.2, 0.25) is 41.4 Å². The predicted octanol–water partition coefficient (Wildman–Crippen LogP) is -2.93. The molecule has 2 aromatic heterocycles. The third kappa shape index (κ3) is 11.6. The number of aliphatic hydroxyl groups is 3. The summed E-state index contributed by atoms with van der Waals surface area (Å²) in [6.07, 6.45) is -4.80. The number of hydrogen-bond acceptors (Lipinski definition) is 17. The van der Waals surface area contributed by atoms with Gasteiger partial charge in [0.05, 0.1) is 60.2 Å². The molecule has 25 nitrogen and oxygen atoms in total. The summed E-state index contributed by atoms with van der Waals surface area (Å²) in [6, 6.07) is -1.33. The van der Waals surface area contributed by atoms with E-state index in [0.717, 1.165) is 0 Å². The van der Waals surface area contributed by atoms with Crippen LogP contribution in [0.3, 0.4) is 0 Å². The molecule has 13 N–H and O–H groups in total. The normalized spacial score (nSPS) is 22.4. The maximum absolute atomic E-state index is 15.3. The molecule has 1 aromatic carbocycles. The number of fused-ring (bicyclic) bond motifs is 5. The average Bonchev–Trinajstić information content (AvgIpc) is 3.87. The SMILES string of the molecule is CC[C@@]1(O)C(=O)OCc2c1cc1n(c2=O)Cc2c-1nc1cc(F)c(C)c3c1c2[C@@H](NC(=O)COCNC(=O)CNC(=O)[C@H](C)NC(=O)[C@@H](NC(=O)[C@@H](N)CCC(=O)NC[C@H]1O[C@@H](CC(N)=O)[C@H](O)[C@@H]1O)C(C)C)CC3. The van der Waals surface area contributed by atoms with Crippen molar-refractivity contribution in [2.45, 2.75) is 140 Å². The Morgan fingerprint density at radius 3 is 2.36 bits per heavy atom. The number of primary amides is 1. The van der Waals surface area contributed by atoms with Gasteiger partial charge in [-0.15, -0.1) is 0 Å². The second kappa shape index (κ2) is 22.9. The number of aliphatic hydroxyl groups excluding tert-OH is 2. The van der Waals surface area contributed by atoms with Crippen LogP contribution in [0.15, 0.2) is 16.9 Å². The fourth-order valence-electron chi connectivity index (χ4n) is 9.84. The van der Waals surface area contributed by atoms with E-state index in [4.69, 9.17) is 30.7 Å². The van der Waals surface area contributed by atoms with Crippen LogP contribution >= 0.6 is 0 Å². The third-order valence-corrected chi connectivity index (χ3v) is 14.1. The van der Waals surface area contributed by atoms with E-state index < -0.39 is 139 Å². The number of rotatable bonds is 21. The minimum Gasteiger partial charge on any atom is -0.458 e. The van der Waals surface area contributed by atoms with E-state index in [2.05, 4.69) is 31.9 Å². The van der Waals surface area contributed by atoms with Crippen molar-refractivity contribution in [3.63, 3.8) is 0 Å². The number of halogens is 1. The van der Waals surface area contributed by atoms with Crippen molar-refractivity contribution in [1.82, 2.24) is 41.5 Å². The van der Waals surface area contributed by atoms with E-state index in [1.54, 1.807) is 33.8 Å². The first-order chi connectivity index (χ1) is 35.4. The number of nitrogens with one attached hydrogen (secondary N) is 6. The first-order valence-electron chi connectivity index (χ1n) is 24.6. The smallest absolute Gasteiger partial charge is 0.343 e. The molecule has 1 fully saturated rings. The van der Waals surface area contributed by atoms with Crippen molar-refractivity contribution in [1.29, 1.82) is 0 Å². The number of pyridine rings is 2. The fourth-order valence-corrected chi connectivity index (χ4v) is 9.84. The van der Waals surface area contributed by atoms with Crippen LogP contribution in [-0.2, 0) is 77.7 Å². The zero-order valence-corrected chi connectivity index (χ0v) is 42.0. The highest BCUT2D eigenvalue weighted by Gasteiger charge is 2.46. The van der Waals surface area contributed by atoms with Crippen molar-refractivity contribution in [2.24, 2.45) is 17.4 Å². The van der Waals surface area contributed by atoms with Crippen LogP contribution in [0.25, 0.3) is 22.3 Å². The number of hydrogen-bond donors (Lipinski definition) is 11. The molecule has 0 unspecified atom stereocenters. The molecule has 0 radical (unpaired) electrons. The topological polar surface area (TPSA) is 384 Å². The van der Waals surface area contributed by atoms with E-state index >= 15 is 4.39 Å². The van der Waals surface area contributed by atoms with E-state index in [1.807, 2.05) is 0 Å². The van der Waals surface area contributed by atoms with Crippen molar-refractivity contribution >= 4 is 58.2 Å². The Morgan fingerprint density at radius 2 is 1.67 bits per heavy atom. The molecule has 7 amide bonds. The average molecular weight is 1050 g/mol. The van der Waals surface area contributed by atoms with Crippen LogP contribution in [0, 0.1) is 18.7 Å². The molecule has 0 saturated carbocycles. The maximum Gasteiger partial charge on any atom is 0.343 e. The van der Waals surface area contributed by atoms with Gasteiger partial charge < -0.3 is 77.5 Å². The van der Waals surface area contributed by atoms with E-state index in [0.29, 0.717) is 57.4 Å². The van der Waals surface area contributed by atoms with Gasteiger partial charge in [0, 0.05) is 35.5 Å². The molecule has 1 aliphatic carbocycles. The van der Waals surface area contributed by atoms with Crippen molar-refractivity contribution in [3.8, 4) is 11.4 Å². The van der Waals surface area contributed by atoms with Gasteiger partial charge in [0.25, 0.3) is 5.56 Å². The summed E-state index contributed by atoms with van der Waals surface area (Å²) in [5, 5.41) is 47.6. The molecule has 5 heterocycles. The van der Waals surface area contributed by atoms with Gasteiger partial charge >= 0.3 is 5.97 Å². The Kier molecular flexibility index (Phi) is 17.0. The highest BCUT2D eigenvalue weighted by Crippen LogP contribution is 2.46. The second-order valence-electron chi connectivity index (χ2n) is 19.6. The quantitative estimate of drug-likeness (QED) is 0.0226. The summed E-state index contributed by atoms with van der Waals surface area (Å²) in [6.45, 7) is 5.95. The monoisotopic (exact) mass is 1050 g/mol. The lowest BCUT2D eigenvalue weighted by Crippen LogP contribution is -2.57. The van der Waals surface area contributed by atoms with Gasteiger partial charge in [0.1, 0.15) is 56.2 Å². The minimum absolute atomic E-state index is 0.0445. The Hall–Kier alpha value is -6.97. The molecule has 4 aliphatic rings. The number of carbonyl (C=O) groups excluding carboxylic acids is 8. The first kappa shape index (κ1) is 55.8. The number of cyclic esters (lactones) is 1.